The normalized spacial score (nSPS) is 11.3. The maximum absolute atomic E-state index is 11.8. The first-order chi connectivity index (χ1) is 7.00. The number of ketones is 1. The van der Waals surface area contributed by atoms with E-state index >= 15 is 0 Å². The fourth-order valence-corrected chi connectivity index (χ4v) is 1.28. The number of hydrogen-bond donors (Lipinski definition) is 0. The zero-order chi connectivity index (χ0) is 11.4. The second-order valence-electron chi connectivity index (χ2n) is 3.55. The Hall–Kier alpha value is -1.09. The van der Waals surface area contributed by atoms with E-state index in [1.807, 2.05) is 50.2 Å². The second-order valence-corrected chi connectivity index (χ2v) is 4.47. The summed E-state index contributed by atoms with van der Waals surface area (Å²) in [6, 6.07) is 7.36. The number of benzene rings is 1. The van der Waals surface area contributed by atoms with E-state index in [-0.39, 0.29) is 5.78 Å². The van der Waals surface area contributed by atoms with Gasteiger partial charge in [-0.15, -0.1) is 0 Å². The minimum absolute atomic E-state index is 0.0358. The van der Waals surface area contributed by atoms with Crippen LogP contribution in [0.4, 0.5) is 0 Å². The van der Waals surface area contributed by atoms with Gasteiger partial charge in [0.1, 0.15) is 0 Å². The molecule has 0 aliphatic rings. The molecule has 0 N–H and O–H groups in total. The molecule has 3 heteroatoms. The summed E-state index contributed by atoms with van der Waals surface area (Å²) in [5.41, 5.74) is 1.65. The first-order valence-electron chi connectivity index (χ1n) is 4.66. The minimum Gasteiger partial charge on any atom is -0.381 e. The highest BCUT2D eigenvalue weighted by molar-refractivity contribution is 9.10. The van der Waals surface area contributed by atoms with Gasteiger partial charge in [0.15, 0.2) is 5.78 Å². The molecule has 1 rings (SSSR count). The second kappa shape index (κ2) is 5.12. The van der Waals surface area contributed by atoms with Crippen molar-refractivity contribution in [2.24, 2.45) is 0 Å². The molecule has 1 aromatic rings. The molecule has 0 radical (unpaired) electrons. The standard InChI is InChI=1S/C12H14BrNO/c1-9(14(2)3)8-12(15)10-4-6-11(13)7-5-10/h4-8H,1-3H3. The van der Waals surface area contributed by atoms with E-state index in [9.17, 15) is 4.79 Å². The Labute approximate surface area is 98.7 Å². The van der Waals surface area contributed by atoms with Gasteiger partial charge in [-0.3, -0.25) is 4.79 Å². The lowest BCUT2D eigenvalue weighted by molar-refractivity contribution is 0.104. The number of nitrogens with zero attached hydrogens (tertiary/aromatic N) is 1. The van der Waals surface area contributed by atoms with E-state index in [0.717, 1.165) is 10.2 Å². The molecular formula is C12H14BrNO. The van der Waals surface area contributed by atoms with Crippen LogP contribution in [0.2, 0.25) is 0 Å². The average molecular weight is 268 g/mol. The fourth-order valence-electron chi connectivity index (χ4n) is 1.02. The van der Waals surface area contributed by atoms with Crippen LogP contribution in [-0.4, -0.2) is 24.8 Å². The van der Waals surface area contributed by atoms with Crippen LogP contribution in [0.15, 0.2) is 40.5 Å². The summed E-state index contributed by atoms with van der Waals surface area (Å²) in [7, 11) is 3.83. The first kappa shape index (κ1) is 12.0. The third-order valence-corrected chi connectivity index (χ3v) is 2.70. The predicted octanol–water partition coefficient (Wildman–Crippen LogP) is 3.10. The summed E-state index contributed by atoms with van der Waals surface area (Å²) in [5, 5.41) is 0. The van der Waals surface area contributed by atoms with Crippen molar-refractivity contribution in [1.82, 2.24) is 4.90 Å². The third kappa shape index (κ3) is 3.51. The van der Waals surface area contributed by atoms with Gasteiger partial charge in [-0.25, -0.2) is 0 Å². The highest BCUT2D eigenvalue weighted by Crippen LogP contribution is 2.12. The molecule has 0 saturated heterocycles. The molecule has 0 fully saturated rings. The van der Waals surface area contributed by atoms with Gasteiger partial charge in [-0.2, -0.15) is 0 Å². The van der Waals surface area contributed by atoms with Crippen LogP contribution in [0.1, 0.15) is 17.3 Å². The smallest absolute Gasteiger partial charge is 0.187 e. The number of rotatable bonds is 3. The molecule has 15 heavy (non-hydrogen) atoms. The number of carbonyl (C=O) groups excluding carboxylic acids is 1. The van der Waals surface area contributed by atoms with Crippen molar-refractivity contribution in [2.75, 3.05) is 14.1 Å². The highest BCUT2D eigenvalue weighted by Gasteiger charge is 2.03. The zero-order valence-electron chi connectivity index (χ0n) is 9.12. The largest absolute Gasteiger partial charge is 0.381 e. The van der Waals surface area contributed by atoms with Crippen LogP contribution in [0.5, 0.6) is 0 Å². The number of allylic oxidation sites excluding steroid dienone is 2. The highest BCUT2D eigenvalue weighted by atomic mass is 79.9. The zero-order valence-corrected chi connectivity index (χ0v) is 10.7. The van der Waals surface area contributed by atoms with E-state index in [1.54, 1.807) is 6.08 Å². The number of hydrogen-bond acceptors (Lipinski definition) is 2. The molecule has 0 unspecified atom stereocenters. The van der Waals surface area contributed by atoms with Crippen molar-refractivity contribution in [3.05, 3.63) is 46.1 Å². The summed E-state index contributed by atoms with van der Waals surface area (Å²) >= 11 is 3.33. The Balaban J connectivity index is 2.86. The molecule has 2 nitrogen and oxygen atoms in total. The Morgan fingerprint density at radius 3 is 2.27 bits per heavy atom. The van der Waals surface area contributed by atoms with E-state index in [0.29, 0.717) is 5.56 Å². The Morgan fingerprint density at radius 1 is 1.27 bits per heavy atom. The fraction of sp³-hybridized carbons (Fsp3) is 0.250. The van der Waals surface area contributed by atoms with Gasteiger partial charge in [0.05, 0.1) is 0 Å². The summed E-state index contributed by atoms with van der Waals surface area (Å²) < 4.78 is 0.979. The Morgan fingerprint density at radius 2 is 1.80 bits per heavy atom. The van der Waals surface area contributed by atoms with Crippen molar-refractivity contribution in [3.8, 4) is 0 Å². The maximum Gasteiger partial charge on any atom is 0.187 e. The topological polar surface area (TPSA) is 20.3 Å². The van der Waals surface area contributed by atoms with Gasteiger partial charge < -0.3 is 4.90 Å². The quantitative estimate of drug-likeness (QED) is 0.620. The average Bonchev–Trinajstić information content (AvgIpc) is 2.18. The van der Waals surface area contributed by atoms with Crippen molar-refractivity contribution >= 4 is 21.7 Å². The molecule has 1 aromatic carbocycles. The van der Waals surface area contributed by atoms with Gasteiger partial charge in [0.2, 0.25) is 0 Å². The first-order valence-corrected chi connectivity index (χ1v) is 5.45. The molecule has 0 heterocycles. The van der Waals surface area contributed by atoms with Gasteiger partial charge in [-0.1, -0.05) is 15.9 Å². The van der Waals surface area contributed by atoms with Gasteiger partial charge >= 0.3 is 0 Å². The van der Waals surface area contributed by atoms with Gasteiger partial charge in [0, 0.05) is 35.9 Å². The molecule has 80 valence electrons. The van der Waals surface area contributed by atoms with Crippen molar-refractivity contribution in [3.63, 3.8) is 0 Å². The monoisotopic (exact) mass is 267 g/mol. The molecule has 0 aliphatic heterocycles. The molecule has 0 aromatic heterocycles. The summed E-state index contributed by atoms with van der Waals surface area (Å²) in [6.45, 7) is 1.91. The van der Waals surface area contributed by atoms with Crippen LogP contribution in [0, 0.1) is 0 Å². The predicted molar refractivity (Wildman–Crippen MR) is 65.9 cm³/mol. The molecule has 0 bridgehead atoms. The van der Waals surface area contributed by atoms with Crippen molar-refractivity contribution < 1.29 is 4.79 Å². The van der Waals surface area contributed by atoms with Gasteiger partial charge in [0.25, 0.3) is 0 Å². The summed E-state index contributed by atoms with van der Waals surface area (Å²) in [6.07, 6.45) is 1.64. The van der Waals surface area contributed by atoms with Crippen molar-refractivity contribution in [2.45, 2.75) is 6.92 Å². The Bertz CT molecular complexity index is 379. The summed E-state index contributed by atoms with van der Waals surface area (Å²) in [5.74, 6) is 0.0358. The molecule has 0 aliphatic carbocycles. The van der Waals surface area contributed by atoms with Crippen LogP contribution in [0.25, 0.3) is 0 Å². The minimum atomic E-state index is 0.0358. The van der Waals surface area contributed by atoms with E-state index in [1.165, 1.54) is 0 Å². The lowest BCUT2D eigenvalue weighted by Crippen LogP contribution is -2.10. The van der Waals surface area contributed by atoms with E-state index in [2.05, 4.69) is 15.9 Å². The van der Waals surface area contributed by atoms with Crippen LogP contribution in [0.3, 0.4) is 0 Å². The summed E-state index contributed by atoms with van der Waals surface area (Å²) in [4.78, 5) is 13.7. The lowest BCUT2D eigenvalue weighted by atomic mass is 10.1. The lowest BCUT2D eigenvalue weighted by Gasteiger charge is -2.11. The molecule has 0 spiro atoms. The molecular weight excluding hydrogens is 254 g/mol. The van der Waals surface area contributed by atoms with E-state index in [4.69, 9.17) is 0 Å². The Kier molecular flexibility index (Phi) is 4.09. The number of carbonyl (C=O) groups is 1. The van der Waals surface area contributed by atoms with Gasteiger partial charge in [-0.05, 0) is 31.2 Å². The van der Waals surface area contributed by atoms with E-state index < -0.39 is 0 Å². The molecule has 0 amide bonds. The maximum atomic E-state index is 11.8. The van der Waals surface area contributed by atoms with Crippen molar-refractivity contribution in [1.29, 1.82) is 0 Å². The van der Waals surface area contributed by atoms with Crippen LogP contribution < -0.4 is 0 Å². The third-order valence-electron chi connectivity index (χ3n) is 2.17. The van der Waals surface area contributed by atoms with Crippen LogP contribution in [-0.2, 0) is 0 Å². The number of halogens is 1. The SMILES string of the molecule is CC(=CC(=O)c1ccc(Br)cc1)N(C)C. The molecule has 0 saturated carbocycles. The van der Waals surface area contributed by atoms with Crippen LogP contribution >= 0.6 is 15.9 Å². The molecule has 0 atom stereocenters.